The van der Waals surface area contributed by atoms with Gasteiger partial charge in [-0.05, 0) is 42.5 Å². The fourth-order valence-corrected chi connectivity index (χ4v) is 2.24. The molecule has 1 heterocycles. The van der Waals surface area contributed by atoms with Crippen molar-refractivity contribution in [2.75, 3.05) is 7.11 Å². The lowest BCUT2D eigenvalue weighted by Crippen LogP contribution is -1.95. The van der Waals surface area contributed by atoms with Crippen molar-refractivity contribution in [2.45, 2.75) is 0 Å². The second-order valence-corrected chi connectivity index (χ2v) is 5.14. The van der Waals surface area contributed by atoms with E-state index in [2.05, 4.69) is 5.10 Å². The van der Waals surface area contributed by atoms with E-state index in [9.17, 15) is 9.90 Å². The third-order valence-corrected chi connectivity index (χ3v) is 3.51. The average molecular weight is 320 g/mol. The van der Waals surface area contributed by atoms with Gasteiger partial charge in [-0.3, -0.25) is 4.79 Å². The SMILES string of the molecule is COc1cc(C(=O)C=Cc2cnn(-c3ccccc3)c2)ccc1O. The smallest absolute Gasteiger partial charge is 0.185 e. The first-order valence-corrected chi connectivity index (χ1v) is 7.37. The highest BCUT2D eigenvalue weighted by molar-refractivity contribution is 6.07. The van der Waals surface area contributed by atoms with Gasteiger partial charge in [0.25, 0.3) is 0 Å². The van der Waals surface area contributed by atoms with Gasteiger partial charge in [0.15, 0.2) is 17.3 Å². The lowest BCUT2D eigenvalue weighted by Gasteiger charge is -2.04. The summed E-state index contributed by atoms with van der Waals surface area (Å²) in [6.45, 7) is 0. The van der Waals surface area contributed by atoms with E-state index in [1.807, 2.05) is 36.5 Å². The van der Waals surface area contributed by atoms with E-state index in [4.69, 9.17) is 4.74 Å². The van der Waals surface area contributed by atoms with Crippen molar-refractivity contribution < 1.29 is 14.6 Å². The Morgan fingerprint density at radius 1 is 1.21 bits per heavy atom. The minimum Gasteiger partial charge on any atom is -0.504 e. The standard InChI is InChI=1S/C19H16N2O3/c1-24-19-11-15(8-10-18(19)23)17(22)9-7-14-12-20-21(13-14)16-5-3-2-4-6-16/h2-13,23H,1H3. The van der Waals surface area contributed by atoms with Crippen LogP contribution in [0.3, 0.4) is 0 Å². The number of ether oxygens (including phenoxy) is 1. The summed E-state index contributed by atoms with van der Waals surface area (Å²) in [5.41, 5.74) is 2.21. The number of nitrogens with zero attached hydrogens (tertiary/aromatic N) is 2. The van der Waals surface area contributed by atoms with Crippen LogP contribution in [0.15, 0.2) is 67.0 Å². The monoisotopic (exact) mass is 320 g/mol. The summed E-state index contributed by atoms with van der Waals surface area (Å²) in [5.74, 6) is 0.0917. The number of phenols is 1. The molecule has 0 amide bonds. The van der Waals surface area contributed by atoms with Gasteiger partial charge in [0.05, 0.1) is 19.0 Å². The number of carbonyl (C=O) groups is 1. The first-order chi connectivity index (χ1) is 11.7. The minimum atomic E-state index is -0.180. The summed E-state index contributed by atoms with van der Waals surface area (Å²) in [6.07, 6.45) is 6.71. The van der Waals surface area contributed by atoms with E-state index in [0.717, 1.165) is 11.3 Å². The van der Waals surface area contributed by atoms with Gasteiger partial charge < -0.3 is 9.84 Å². The van der Waals surface area contributed by atoms with Crippen LogP contribution in [0.1, 0.15) is 15.9 Å². The second-order valence-electron chi connectivity index (χ2n) is 5.14. The number of allylic oxidation sites excluding steroid dienone is 1. The van der Waals surface area contributed by atoms with E-state index in [1.165, 1.54) is 25.3 Å². The van der Waals surface area contributed by atoms with Gasteiger partial charge in [-0.2, -0.15) is 5.10 Å². The first kappa shape index (κ1) is 15.6. The van der Waals surface area contributed by atoms with Crippen LogP contribution in [-0.2, 0) is 0 Å². The maximum Gasteiger partial charge on any atom is 0.185 e. The van der Waals surface area contributed by atoms with Crippen molar-refractivity contribution >= 4 is 11.9 Å². The fraction of sp³-hybridized carbons (Fsp3) is 0.0526. The summed E-state index contributed by atoms with van der Waals surface area (Å²) in [7, 11) is 1.44. The predicted octanol–water partition coefficient (Wildman–Crippen LogP) is 3.48. The normalized spacial score (nSPS) is 10.9. The maximum atomic E-state index is 12.2. The molecule has 0 fully saturated rings. The number of para-hydroxylation sites is 1. The zero-order valence-electron chi connectivity index (χ0n) is 13.1. The number of rotatable bonds is 5. The zero-order valence-corrected chi connectivity index (χ0v) is 13.1. The molecule has 5 nitrogen and oxygen atoms in total. The van der Waals surface area contributed by atoms with Crippen molar-refractivity contribution in [1.82, 2.24) is 9.78 Å². The fourth-order valence-electron chi connectivity index (χ4n) is 2.24. The number of methoxy groups -OCH3 is 1. The van der Waals surface area contributed by atoms with Gasteiger partial charge in [0, 0.05) is 17.3 Å². The second kappa shape index (κ2) is 6.83. The molecule has 0 saturated carbocycles. The number of aromatic nitrogens is 2. The Bertz CT molecular complexity index is 883. The third kappa shape index (κ3) is 3.35. The van der Waals surface area contributed by atoms with Crippen LogP contribution in [0, 0.1) is 0 Å². The molecule has 3 rings (SSSR count). The highest BCUT2D eigenvalue weighted by Gasteiger charge is 2.07. The molecular formula is C19H16N2O3. The number of phenolic OH excluding ortho intramolecular Hbond substituents is 1. The third-order valence-electron chi connectivity index (χ3n) is 3.51. The highest BCUT2D eigenvalue weighted by atomic mass is 16.5. The van der Waals surface area contributed by atoms with Gasteiger partial charge in [0.2, 0.25) is 0 Å². The average Bonchev–Trinajstić information content (AvgIpc) is 3.10. The molecule has 0 atom stereocenters. The van der Waals surface area contributed by atoms with Crippen LogP contribution in [0.4, 0.5) is 0 Å². The number of hydrogen-bond donors (Lipinski definition) is 1. The van der Waals surface area contributed by atoms with Crippen LogP contribution in [0.5, 0.6) is 11.5 Å². The molecule has 120 valence electrons. The van der Waals surface area contributed by atoms with Crippen LogP contribution < -0.4 is 4.74 Å². The predicted molar refractivity (Wildman–Crippen MR) is 91.6 cm³/mol. The number of hydrogen-bond acceptors (Lipinski definition) is 4. The Labute approximate surface area is 139 Å². The molecule has 2 aromatic carbocycles. The Balaban J connectivity index is 1.76. The number of ketones is 1. The molecule has 0 unspecified atom stereocenters. The topological polar surface area (TPSA) is 64.3 Å². The Morgan fingerprint density at radius 3 is 2.75 bits per heavy atom. The molecule has 0 radical (unpaired) electrons. The van der Waals surface area contributed by atoms with E-state index >= 15 is 0 Å². The molecule has 1 N–H and O–H groups in total. The molecule has 0 aliphatic carbocycles. The van der Waals surface area contributed by atoms with Gasteiger partial charge in [0.1, 0.15) is 0 Å². The first-order valence-electron chi connectivity index (χ1n) is 7.37. The van der Waals surface area contributed by atoms with Crippen molar-refractivity contribution in [2.24, 2.45) is 0 Å². The molecule has 0 aliphatic heterocycles. The summed E-state index contributed by atoms with van der Waals surface area (Å²) < 4.78 is 6.76. The zero-order chi connectivity index (χ0) is 16.9. The van der Waals surface area contributed by atoms with Crippen molar-refractivity contribution in [3.05, 3.63) is 78.1 Å². The number of carbonyl (C=O) groups excluding carboxylic acids is 1. The van der Waals surface area contributed by atoms with E-state index in [1.54, 1.807) is 23.0 Å². The van der Waals surface area contributed by atoms with E-state index < -0.39 is 0 Å². The summed E-state index contributed by atoms with van der Waals surface area (Å²) in [5, 5.41) is 13.8. The van der Waals surface area contributed by atoms with Crippen LogP contribution in [0.25, 0.3) is 11.8 Å². The van der Waals surface area contributed by atoms with E-state index in [-0.39, 0.29) is 17.3 Å². The molecule has 24 heavy (non-hydrogen) atoms. The van der Waals surface area contributed by atoms with Gasteiger partial charge in [-0.15, -0.1) is 0 Å². The molecule has 0 aliphatic rings. The Kier molecular flexibility index (Phi) is 4.43. The molecule has 0 saturated heterocycles. The lowest BCUT2D eigenvalue weighted by atomic mass is 10.1. The molecular weight excluding hydrogens is 304 g/mol. The molecule has 5 heteroatoms. The Hall–Kier alpha value is -3.34. The summed E-state index contributed by atoms with van der Waals surface area (Å²) in [4.78, 5) is 12.2. The molecule has 0 spiro atoms. The van der Waals surface area contributed by atoms with Gasteiger partial charge in [-0.1, -0.05) is 18.2 Å². The number of aromatic hydroxyl groups is 1. The van der Waals surface area contributed by atoms with Crippen molar-refractivity contribution in [3.8, 4) is 17.2 Å². The maximum absolute atomic E-state index is 12.2. The van der Waals surface area contributed by atoms with E-state index in [0.29, 0.717) is 5.56 Å². The molecule has 1 aromatic heterocycles. The Morgan fingerprint density at radius 2 is 2.00 bits per heavy atom. The molecule has 0 bridgehead atoms. The largest absolute Gasteiger partial charge is 0.504 e. The quantitative estimate of drug-likeness (QED) is 0.577. The van der Waals surface area contributed by atoms with Crippen molar-refractivity contribution in [3.63, 3.8) is 0 Å². The summed E-state index contributed by atoms with van der Waals surface area (Å²) in [6, 6.07) is 14.2. The minimum absolute atomic E-state index is 0.00201. The summed E-state index contributed by atoms with van der Waals surface area (Å²) >= 11 is 0. The molecule has 3 aromatic rings. The highest BCUT2D eigenvalue weighted by Crippen LogP contribution is 2.26. The van der Waals surface area contributed by atoms with Gasteiger partial charge in [-0.25, -0.2) is 4.68 Å². The van der Waals surface area contributed by atoms with Gasteiger partial charge >= 0.3 is 0 Å². The lowest BCUT2D eigenvalue weighted by molar-refractivity contribution is 0.104. The number of benzene rings is 2. The van der Waals surface area contributed by atoms with Crippen LogP contribution in [0.2, 0.25) is 0 Å². The van der Waals surface area contributed by atoms with Crippen molar-refractivity contribution in [1.29, 1.82) is 0 Å². The van der Waals surface area contributed by atoms with Crippen LogP contribution >= 0.6 is 0 Å². The van der Waals surface area contributed by atoms with Crippen LogP contribution in [-0.4, -0.2) is 27.8 Å².